The quantitative estimate of drug-likeness (QED) is 0.812. The van der Waals surface area contributed by atoms with Gasteiger partial charge < -0.3 is 10.6 Å². The van der Waals surface area contributed by atoms with Crippen LogP contribution in [0.4, 0.5) is 0 Å². The molecule has 3 unspecified atom stereocenters. The van der Waals surface area contributed by atoms with Crippen LogP contribution in [0.5, 0.6) is 0 Å². The molecule has 3 heterocycles. The molecule has 0 aromatic carbocycles. The number of likely N-dealkylation sites (tertiary alicyclic amines) is 1. The molecule has 0 aromatic heterocycles. The van der Waals surface area contributed by atoms with Crippen LogP contribution in [0.25, 0.3) is 0 Å². The molecule has 0 amide bonds. The molecule has 2 bridgehead atoms. The number of piperidine rings is 3. The molecule has 3 fully saturated rings. The normalized spacial score (nSPS) is 43.0. The van der Waals surface area contributed by atoms with E-state index in [2.05, 4.69) is 16.7 Å². The van der Waals surface area contributed by atoms with Gasteiger partial charge in [0.05, 0.1) is 0 Å². The Morgan fingerprint density at radius 3 is 2.33 bits per heavy atom. The topological polar surface area (TPSA) is 32.5 Å². The third-order valence-corrected chi connectivity index (χ3v) is 5.42. The third kappa shape index (κ3) is 2.45. The van der Waals surface area contributed by atoms with Crippen molar-refractivity contribution in [3.05, 3.63) is 0 Å². The minimum absolute atomic E-state index is 0.474. The van der Waals surface area contributed by atoms with Gasteiger partial charge in [-0.25, -0.2) is 0 Å². The minimum atomic E-state index is 0.474. The predicted molar refractivity (Wildman–Crippen MR) is 75.6 cm³/mol. The van der Waals surface area contributed by atoms with Gasteiger partial charge in [0.15, 0.2) is 0 Å². The van der Waals surface area contributed by atoms with E-state index in [1.165, 1.54) is 64.6 Å². The lowest BCUT2D eigenvalue weighted by Gasteiger charge is -2.53. The van der Waals surface area contributed by atoms with E-state index in [1.54, 1.807) is 0 Å². The summed E-state index contributed by atoms with van der Waals surface area (Å²) in [5.74, 6) is 0. The zero-order chi connectivity index (χ0) is 12.5. The van der Waals surface area contributed by atoms with Gasteiger partial charge in [-0.05, 0) is 51.6 Å². The molecule has 0 aromatic rings. The average molecular weight is 251 g/mol. The Balaban J connectivity index is 1.70. The van der Waals surface area contributed by atoms with Crippen LogP contribution in [0.2, 0.25) is 0 Å². The fraction of sp³-hybridized carbons (Fsp3) is 1.00. The van der Waals surface area contributed by atoms with Crippen molar-refractivity contribution in [2.24, 2.45) is 5.73 Å². The van der Waals surface area contributed by atoms with Gasteiger partial charge in [-0.2, -0.15) is 0 Å². The summed E-state index contributed by atoms with van der Waals surface area (Å²) in [5.41, 5.74) is 6.23. The maximum Gasteiger partial charge on any atom is 0.0229 e. The van der Waals surface area contributed by atoms with Gasteiger partial charge >= 0.3 is 0 Å². The monoisotopic (exact) mass is 251 g/mol. The van der Waals surface area contributed by atoms with Crippen molar-refractivity contribution in [3.8, 4) is 0 Å². The smallest absolute Gasteiger partial charge is 0.0229 e. The second kappa shape index (κ2) is 5.48. The van der Waals surface area contributed by atoms with E-state index in [1.807, 2.05) is 0 Å². The average Bonchev–Trinajstić information content (AvgIpc) is 2.37. The van der Waals surface area contributed by atoms with Crippen molar-refractivity contribution in [1.29, 1.82) is 0 Å². The Morgan fingerprint density at radius 1 is 1.00 bits per heavy atom. The molecule has 3 aliphatic heterocycles. The molecule has 3 nitrogen and oxygen atoms in total. The van der Waals surface area contributed by atoms with Crippen LogP contribution in [-0.2, 0) is 0 Å². The maximum atomic E-state index is 6.23. The van der Waals surface area contributed by atoms with E-state index in [0.717, 1.165) is 18.1 Å². The number of hydrogen-bond acceptors (Lipinski definition) is 3. The lowest BCUT2D eigenvalue weighted by molar-refractivity contribution is -0.0296. The second-order valence-corrected chi connectivity index (χ2v) is 6.61. The first kappa shape index (κ1) is 12.9. The number of rotatable bonds is 2. The van der Waals surface area contributed by atoms with Crippen LogP contribution in [-0.4, -0.2) is 53.6 Å². The zero-order valence-corrected chi connectivity index (χ0v) is 11.9. The number of hydrogen-bond donors (Lipinski definition) is 1. The van der Waals surface area contributed by atoms with Gasteiger partial charge in [0.1, 0.15) is 0 Å². The first-order valence-electron chi connectivity index (χ1n) is 8.03. The Labute approximate surface area is 112 Å². The van der Waals surface area contributed by atoms with Gasteiger partial charge in [0.25, 0.3) is 0 Å². The number of fused-ring (bicyclic) bond motifs is 2. The van der Waals surface area contributed by atoms with Crippen molar-refractivity contribution in [2.45, 2.75) is 76.0 Å². The molecule has 3 rings (SSSR count). The molecule has 3 heteroatoms. The number of nitrogens with two attached hydrogens (primary N) is 1. The lowest BCUT2D eigenvalue weighted by atomic mass is 9.80. The molecular weight excluding hydrogens is 222 g/mol. The maximum absolute atomic E-state index is 6.23. The molecule has 104 valence electrons. The van der Waals surface area contributed by atoms with Crippen molar-refractivity contribution in [2.75, 3.05) is 19.6 Å². The van der Waals surface area contributed by atoms with E-state index in [0.29, 0.717) is 6.04 Å². The summed E-state index contributed by atoms with van der Waals surface area (Å²) in [6, 6.07) is 2.90. The highest BCUT2D eigenvalue weighted by Crippen LogP contribution is 2.36. The lowest BCUT2D eigenvalue weighted by Crippen LogP contribution is -2.61. The summed E-state index contributed by atoms with van der Waals surface area (Å²) >= 11 is 0. The SMILES string of the molecule is CCN1CCCC(N2C3CCCC2CC(N)C3)C1. The van der Waals surface area contributed by atoms with Gasteiger partial charge in [-0.3, -0.25) is 4.90 Å². The van der Waals surface area contributed by atoms with E-state index in [-0.39, 0.29) is 0 Å². The highest BCUT2D eigenvalue weighted by atomic mass is 15.3. The fourth-order valence-electron chi connectivity index (χ4n) is 4.62. The van der Waals surface area contributed by atoms with Gasteiger partial charge in [0.2, 0.25) is 0 Å². The summed E-state index contributed by atoms with van der Waals surface area (Å²) in [6.45, 7) is 6.14. The van der Waals surface area contributed by atoms with E-state index in [9.17, 15) is 0 Å². The zero-order valence-electron chi connectivity index (χ0n) is 11.9. The highest BCUT2D eigenvalue weighted by molar-refractivity contribution is 4.98. The third-order valence-electron chi connectivity index (χ3n) is 5.42. The van der Waals surface area contributed by atoms with Crippen molar-refractivity contribution < 1.29 is 0 Å². The molecule has 0 radical (unpaired) electrons. The fourth-order valence-corrected chi connectivity index (χ4v) is 4.62. The van der Waals surface area contributed by atoms with Crippen LogP contribution in [0.3, 0.4) is 0 Å². The van der Waals surface area contributed by atoms with Crippen LogP contribution >= 0.6 is 0 Å². The molecule has 0 spiro atoms. The van der Waals surface area contributed by atoms with Gasteiger partial charge in [-0.15, -0.1) is 0 Å². The molecule has 2 N–H and O–H groups in total. The largest absolute Gasteiger partial charge is 0.328 e. The van der Waals surface area contributed by atoms with Crippen molar-refractivity contribution >= 4 is 0 Å². The predicted octanol–water partition coefficient (Wildman–Crippen LogP) is 1.81. The van der Waals surface area contributed by atoms with Crippen molar-refractivity contribution in [3.63, 3.8) is 0 Å². The number of nitrogens with zero attached hydrogens (tertiary/aromatic N) is 2. The Bertz CT molecular complexity index is 267. The van der Waals surface area contributed by atoms with Gasteiger partial charge in [-0.1, -0.05) is 13.3 Å². The molecule has 0 aliphatic carbocycles. The second-order valence-electron chi connectivity index (χ2n) is 6.61. The van der Waals surface area contributed by atoms with Crippen LogP contribution in [0, 0.1) is 0 Å². The molecule has 3 saturated heterocycles. The summed E-state index contributed by atoms with van der Waals surface area (Å²) in [6.07, 6.45) is 9.53. The van der Waals surface area contributed by atoms with Crippen molar-refractivity contribution in [1.82, 2.24) is 9.80 Å². The van der Waals surface area contributed by atoms with E-state index in [4.69, 9.17) is 5.73 Å². The van der Waals surface area contributed by atoms with Crippen LogP contribution in [0.1, 0.15) is 51.9 Å². The summed E-state index contributed by atoms with van der Waals surface area (Å²) < 4.78 is 0. The highest BCUT2D eigenvalue weighted by Gasteiger charge is 2.41. The summed E-state index contributed by atoms with van der Waals surface area (Å²) in [4.78, 5) is 5.53. The molecule has 0 saturated carbocycles. The minimum Gasteiger partial charge on any atom is -0.328 e. The molecule has 3 aliphatic rings. The Hall–Kier alpha value is -0.120. The van der Waals surface area contributed by atoms with Gasteiger partial charge in [0, 0.05) is 30.7 Å². The molecule has 18 heavy (non-hydrogen) atoms. The first-order chi connectivity index (χ1) is 8.78. The molecular formula is C15H29N3. The van der Waals surface area contributed by atoms with E-state index >= 15 is 0 Å². The van der Waals surface area contributed by atoms with E-state index < -0.39 is 0 Å². The Kier molecular flexibility index (Phi) is 3.92. The first-order valence-corrected chi connectivity index (χ1v) is 8.03. The summed E-state index contributed by atoms with van der Waals surface area (Å²) in [5, 5.41) is 0. The van der Waals surface area contributed by atoms with Crippen LogP contribution < -0.4 is 5.73 Å². The summed E-state index contributed by atoms with van der Waals surface area (Å²) in [7, 11) is 0. The number of likely N-dealkylation sites (N-methyl/N-ethyl adjacent to an activating group) is 1. The van der Waals surface area contributed by atoms with Crippen LogP contribution in [0.15, 0.2) is 0 Å². The molecule has 3 atom stereocenters. The Morgan fingerprint density at radius 2 is 1.67 bits per heavy atom. The standard InChI is InChI=1S/C15H29N3/c1-2-17-8-4-7-15(11-17)18-13-5-3-6-14(18)10-12(16)9-13/h12-15H,2-11,16H2,1H3.